The number of halogens is 2. The quantitative estimate of drug-likeness (QED) is 0.285. The number of pyridine rings is 1. The maximum atomic E-state index is 14.4. The number of nitrogens with zero attached hydrogens (tertiary/aromatic N) is 4. The summed E-state index contributed by atoms with van der Waals surface area (Å²) in [5.74, 6) is -4.09. The van der Waals surface area contributed by atoms with Crippen molar-refractivity contribution in [1.82, 2.24) is 20.1 Å². The van der Waals surface area contributed by atoms with E-state index in [4.69, 9.17) is 11.6 Å². The summed E-state index contributed by atoms with van der Waals surface area (Å²) in [6.45, 7) is 0.341. The molecule has 1 spiro atoms. The molecular formula is C33H34ClFN5O6PS. The SMILES string of the molecule is N#C[C@H]1[C@H](c2cncc(Cl)c2)CN(C(=O)[C@@H]2CC[C@@H]3CCCC[C@H](NC(=O)c4cc5cc(C(F)P(=O)(O)O)ccc5s4)C(=O)N32)C12CC2. The third kappa shape index (κ3) is 5.81. The van der Waals surface area contributed by atoms with Crippen LogP contribution in [0.3, 0.4) is 0 Å². The first-order valence-electron chi connectivity index (χ1n) is 16.1. The Morgan fingerprint density at radius 2 is 1.92 bits per heavy atom. The van der Waals surface area contributed by atoms with Crippen molar-refractivity contribution in [3.05, 3.63) is 63.8 Å². The van der Waals surface area contributed by atoms with Gasteiger partial charge in [0, 0.05) is 35.6 Å². The predicted molar refractivity (Wildman–Crippen MR) is 176 cm³/mol. The second-order valence-electron chi connectivity index (χ2n) is 13.3. The second-order valence-corrected chi connectivity index (χ2v) is 16.5. The fraction of sp³-hybridized carbons (Fsp3) is 0.485. The minimum absolute atomic E-state index is 0.131. The Morgan fingerprint density at radius 3 is 2.62 bits per heavy atom. The smallest absolute Gasteiger partial charge is 0.340 e. The number of likely N-dealkylation sites (tertiary alicyclic amines) is 1. The highest BCUT2D eigenvalue weighted by molar-refractivity contribution is 7.51. The fourth-order valence-corrected chi connectivity index (χ4v) is 9.69. The van der Waals surface area contributed by atoms with Crippen LogP contribution < -0.4 is 5.32 Å². The molecule has 0 radical (unpaired) electrons. The van der Waals surface area contributed by atoms with Gasteiger partial charge in [-0.25, -0.2) is 4.39 Å². The highest BCUT2D eigenvalue weighted by Crippen LogP contribution is 2.58. The average Bonchev–Trinajstić information content (AvgIpc) is 3.39. The Hall–Kier alpha value is -3.40. The Labute approximate surface area is 285 Å². The summed E-state index contributed by atoms with van der Waals surface area (Å²) in [7, 11) is -5.00. The van der Waals surface area contributed by atoms with Crippen molar-refractivity contribution in [2.45, 2.75) is 86.9 Å². The first-order valence-corrected chi connectivity index (χ1v) is 19.0. The lowest BCUT2D eigenvalue weighted by atomic mass is 9.85. The third-order valence-electron chi connectivity index (χ3n) is 10.5. The molecule has 3 aliphatic heterocycles. The number of hydrogen-bond donors (Lipinski definition) is 3. The number of aromatic nitrogens is 1. The second kappa shape index (κ2) is 12.5. The molecule has 1 saturated carbocycles. The lowest BCUT2D eigenvalue weighted by Gasteiger charge is -2.37. The number of alkyl halides is 1. The van der Waals surface area contributed by atoms with Crippen LogP contribution in [0.4, 0.5) is 4.39 Å². The number of carbonyl (C=O) groups excluding carboxylic acids is 3. The largest absolute Gasteiger partial charge is 0.363 e. The van der Waals surface area contributed by atoms with Gasteiger partial charge < -0.3 is 24.9 Å². The van der Waals surface area contributed by atoms with Crippen molar-refractivity contribution in [3.63, 3.8) is 0 Å². The molecule has 2 aromatic heterocycles. The van der Waals surface area contributed by atoms with Crippen LogP contribution in [0.15, 0.2) is 42.7 Å². The highest BCUT2D eigenvalue weighted by Gasteiger charge is 2.64. The zero-order chi connectivity index (χ0) is 34.0. The van der Waals surface area contributed by atoms with E-state index in [1.807, 2.05) is 4.90 Å². The molecule has 3 aromatic rings. The highest BCUT2D eigenvalue weighted by atomic mass is 35.5. The van der Waals surface area contributed by atoms with E-state index in [1.54, 1.807) is 17.2 Å². The Morgan fingerprint density at radius 1 is 1.15 bits per heavy atom. The molecule has 6 atom stereocenters. The maximum absolute atomic E-state index is 14.4. The number of carbonyl (C=O) groups is 3. The average molecular weight is 714 g/mol. The van der Waals surface area contributed by atoms with Gasteiger partial charge in [-0.15, -0.1) is 11.3 Å². The van der Waals surface area contributed by atoms with Gasteiger partial charge >= 0.3 is 7.60 Å². The van der Waals surface area contributed by atoms with Crippen LogP contribution in [-0.2, 0) is 14.2 Å². The van der Waals surface area contributed by atoms with Gasteiger partial charge in [0.2, 0.25) is 17.7 Å². The van der Waals surface area contributed by atoms with Gasteiger partial charge in [0.1, 0.15) is 12.1 Å². The summed E-state index contributed by atoms with van der Waals surface area (Å²) in [5, 5.41) is 14.0. The molecule has 1 aromatic carbocycles. The minimum Gasteiger partial charge on any atom is -0.340 e. The number of rotatable bonds is 6. The van der Waals surface area contributed by atoms with Crippen molar-refractivity contribution >= 4 is 58.3 Å². The van der Waals surface area contributed by atoms with E-state index in [2.05, 4.69) is 16.4 Å². The molecule has 4 fully saturated rings. The Kier molecular flexibility index (Phi) is 8.61. The molecule has 1 aliphatic carbocycles. The zero-order valence-electron chi connectivity index (χ0n) is 25.8. The summed E-state index contributed by atoms with van der Waals surface area (Å²) in [4.78, 5) is 68.6. The van der Waals surface area contributed by atoms with Gasteiger partial charge in [-0.3, -0.25) is 23.9 Å². The van der Waals surface area contributed by atoms with E-state index in [0.29, 0.717) is 53.8 Å². The molecule has 252 valence electrons. The van der Waals surface area contributed by atoms with E-state index >= 15 is 0 Å². The number of nitriles is 1. The first-order chi connectivity index (χ1) is 22.9. The summed E-state index contributed by atoms with van der Waals surface area (Å²) in [6, 6.07) is 8.20. The summed E-state index contributed by atoms with van der Waals surface area (Å²) >= 11 is 7.36. The fourth-order valence-electron chi connectivity index (χ4n) is 8.02. The van der Waals surface area contributed by atoms with Gasteiger partial charge in [-0.2, -0.15) is 5.26 Å². The van der Waals surface area contributed by atoms with Crippen LogP contribution >= 0.6 is 30.5 Å². The number of amides is 3. The van der Waals surface area contributed by atoms with E-state index in [9.17, 15) is 38.4 Å². The van der Waals surface area contributed by atoms with E-state index in [1.165, 1.54) is 30.5 Å². The summed E-state index contributed by atoms with van der Waals surface area (Å²) in [6.07, 6.45) is 8.58. The predicted octanol–water partition coefficient (Wildman–Crippen LogP) is 5.43. The van der Waals surface area contributed by atoms with Crippen LogP contribution in [0, 0.1) is 17.2 Å². The standard InChI is InChI=1S/C33H34ClFN5O6PS/c34-21-12-20(15-37-16-21)23-17-39(33(9-10-33)24(23)14-36)32(43)26-7-6-22-3-1-2-4-25(31(42)40(22)26)38-30(41)28-13-19-11-18(5-8-27(19)48-28)29(35)47(44,45)46/h5,8,11-13,15-16,22-26,29H,1-4,6-7,9-10,17H2,(H,38,41)(H2,44,45,46)/t22-,23-,24-,25-,26-,29?/m0/s1. The third-order valence-corrected chi connectivity index (χ3v) is 12.7. The molecule has 3 amide bonds. The molecular weight excluding hydrogens is 680 g/mol. The zero-order valence-corrected chi connectivity index (χ0v) is 28.3. The van der Waals surface area contributed by atoms with E-state index in [-0.39, 0.29) is 34.2 Å². The van der Waals surface area contributed by atoms with Gasteiger partial charge in [0.05, 0.1) is 27.4 Å². The monoisotopic (exact) mass is 713 g/mol. The molecule has 48 heavy (non-hydrogen) atoms. The van der Waals surface area contributed by atoms with Crippen molar-refractivity contribution in [2.75, 3.05) is 6.54 Å². The molecule has 1 unspecified atom stereocenters. The van der Waals surface area contributed by atoms with Gasteiger partial charge in [-0.1, -0.05) is 30.5 Å². The molecule has 3 saturated heterocycles. The van der Waals surface area contributed by atoms with Gasteiger partial charge in [0.25, 0.3) is 5.91 Å². The van der Waals surface area contributed by atoms with Crippen LogP contribution in [0.1, 0.15) is 84.0 Å². The molecule has 5 heterocycles. The number of nitrogens with one attached hydrogen (secondary N) is 1. The summed E-state index contributed by atoms with van der Waals surface area (Å²) in [5.41, 5.74) is 0.0492. The number of fused-ring (bicyclic) bond motifs is 2. The lowest BCUT2D eigenvalue weighted by Crippen LogP contribution is -2.57. The minimum atomic E-state index is -5.00. The molecule has 0 bridgehead atoms. The molecule has 4 aliphatic rings. The van der Waals surface area contributed by atoms with Crippen LogP contribution in [-0.4, -0.2) is 72.5 Å². The molecule has 3 N–H and O–H groups in total. The Balaban J connectivity index is 1.11. The van der Waals surface area contributed by atoms with E-state index < -0.39 is 43.0 Å². The maximum Gasteiger partial charge on any atom is 0.363 e. The number of hydrogen-bond acceptors (Lipinski definition) is 7. The van der Waals surface area contributed by atoms with Gasteiger partial charge in [-0.05, 0) is 79.3 Å². The first kappa shape index (κ1) is 33.1. The van der Waals surface area contributed by atoms with Crippen molar-refractivity contribution in [1.29, 1.82) is 5.26 Å². The van der Waals surface area contributed by atoms with Crippen molar-refractivity contribution in [3.8, 4) is 6.07 Å². The van der Waals surface area contributed by atoms with Crippen molar-refractivity contribution < 1.29 is 33.1 Å². The normalized spacial score (nSPS) is 27.3. The van der Waals surface area contributed by atoms with Crippen molar-refractivity contribution in [2.24, 2.45) is 5.92 Å². The molecule has 15 heteroatoms. The number of benzene rings is 1. The van der Waals surface area contributed by atoms with E-state index in [0.717, 1.165) is 36.2 Å². The summed E-state index contributed by atoms with van der Waals surface area (Å²) < 4.78 is 26.4. The lowest BCUT2D eigenvalue weighted by molar-refractivity contribution is -0.148. The van der Waals surface area contributed by atoms with Crippen LogP contribution in [0.25, 0.3) is 10.1 Å². The number of thiophene rings is 1. The molecule has 7 rings (SSSR count). The van der Waals surface area contributed by atoms with Crippen LogP contribution in [0.2, 0.25) is 5.02 Å². The van der Waals surface area contributed by atoms with Gasteiger partial charge in [0.15, 0.2) is 0 Å². The van der Waals surface area contributed by atoms with Crippen LogP contribution in [0.5, 0.6) is 0 Å². The molecule has 11 nitrogen and oxygen atoms in total. The topological polar surface area (TPSA) is 164 Å². The Bertz CT molecular complexity index is 1890.